The van der Waals surface area contributed by atoms with Crippen LogP contribution in [-0.2, 0) is 6.54 Å². The van der Waals surface area contributed by atoms with Crippen LogP contribution in [0.25, 0.3) is 0 Å². The third-order valence-corrected chi connectivity index (χ3v) is 3.77. The monoisotopic (exact) mass is 355 g/mol. The lowest BCUT2D eigenvalue weighted by atomic mass is 10.2. The van der Waals surface area contributed by atoms with Crippen molar-refractivity contribution in [2.24, 2.45) is 0 Å². The summed E-state index contributed by atoms with van der Waals surface area (Å²) in [6.45, 7) is 0.602. The SMILES string of the molecule is O=C(Nc1ccc(F)cc1)c1ccc(NCc2ccc(Cl)cc2)nc1. The van der Waals surface area contributed by atoms with Crippen molar-refractivity contribution in [3.05, 3.63) is 88.8 Å². The molecule has 0 atom stereocenters. The van der Waals surface area contributed by atoms with Gasteiger partial charge < -0.3 is 10.6 Å². The van der Waals surface area contributed by atoms with Crippen molar-refractivity contribution in [1.82, 2.24) is 4.98 Å². The normalized spacial score (nSPS) is 10.3. The van der Waals surface area contributed by atoms with Crippen LogP contribution in [0.5, 0.6) is 0 Å². The van der Waals surface area contributed by atoms with E-state index in [2.05, 4.69) is 15.6 Å². The highest BCUT2D eigenvalue weighted by Gasteiger charge is 2.07. The number of halogens is 2. The van der Waals surface area contributed by atoms with E-state index in [1.165, 1.54) is 30.5 Å². The zero-order valence-electron chi connectivity index (χ0n) is 13.2. The standard InChI is InChI=1S/C19H15ClFN3O/c20-15-4-1-13(2-5-15)11-22-18-10-3-14(12-23-18)19(25)24-17-8-6-16(21)7-9-17/h1-10,12H,11H2,(H,22,23)(H,24,25). The smallest absolute Gasteiger partial charge is 0.257 e. The summed E-state index contributed by atoms with van der Waals surface area (Å²) in [7, 11) is 0. The summed E-state index contributed by atoms with van der Waals surface area (Å²) in [4.78, 5) is 16.4. The highest BCUT2D eigenvalue weighted by atomic mass is 35.5. The third kappa shape index (κ3) is 4.78. The van der Waals surface area contributed by atoms with Gasteiger partial charge in [0.25, 0.3) is 5.91 Å². The number of anilines is 2. The topological polar surface area (TPSA) is 54.0 Å². The van der Waals surface area contributed by atoms with Crippen LogP contribution >= 0.6 is 11.6 Å². The number of rotatable bonds is 5. The van der Waals surface area contributed by atoms with Gasteiger partial charge in [0.15, 0.2) is 0 Å². The molecule has 2 N–H and O–H groups in total. The van der Waals surface area contributed by atoms with Crippen molar-refractivity contribution in [3.8, 4) is 0 Å². The lowest BCUT2D eigenvalue weighted by Gasteiger charge is -2.08. The Morgan fingerprint density at radius 1 is 1.00 bits per heavy atom. The van der Waals surface area contributed by atoms with Crippen molar-refractivity contribution < 1.29 is 9.18 Å². The highest BCUT2D eigenvalue weighted by Crippen LogP contribution is 2.13. The van der Waals surface area contributed by atoms with Crippen LogP contribution in [0.2, 0.25) is 5.02 Å². The molecule has 0 spiro atoms. The molecule has 126 valence electrons. The molecule has 0 aliphatic rings. The van der Waals surface area contributed by atoms with E-state index in [4.69, 9.17) is 11.6 Å². The molecule has 0 unspecified atom stereocenters. The molecule has 3 rings (SSSR count). The van der Waals surface area contributed by atoms with Crippen LogP contribution < -0.4 is 10.6 Å². The number of amides is 1. The Morgan fingerprint density at radius 2 is 1.72 bits per heavy atom. The molecule has 3 aromatic rings. The van der Waals surface area contributed by atoms with E-state index in [0.717, 1.165) is 5.56 Å². The Morgan fingerprint density at radius 3 is 2.36 bits per heavy atom. The molecule has 25 heavy (non-hydrogen) atoms. The number of aromatic nitrogens is 1. The van der Waals surface area contributed by atoms with E-state index >= 15 is 0 Å². The van der Waals surface area contributed by atoms with E-state index in [1.54, 1.807) is 12.1 Å². The Balaban J connectivity index is 1.58. The van der Waals surface area contributed by atoms with Gasteiger partial charge in [0, 0.05) is 23.5 Å². The summed E-state index contributed by atoms with van der Waals surface area (Å²) < 4.78 is 12.9. The van der Waals surface area contributed by atoms with Crippen molar-refractivity contribution in [2.75, 3.05) is 10.6 Å². The van der Waals surface area contributed by atoms with Gasteiger partial charge in [0.1, 0.15) is 11.6 Å². The van der Waals surface area contributed by atoms with Gasteiger partial charge in [-0.05, 0) is 54.1 Å². The summed E-state index contributed by atoms with van der Waals surface area (Å²) in [6, 6.07) is 16.5. The molecule has 1 aromatic heterocycles. The van der Waals surface area contributed by atoms with E-state index in [9.17, 15) is 9.18 Å². The van der Waals surface area contributed by atoms with Gasteiger partial charge in [-0.25, -0.2) is 9.37 Å². The molecular weight excluding hydrogens is 341 g/mol. The molecular formula is C19H15ClFN3O. The largest absolute Gasteiger partial charge is 0.366 e. The summed E-state index contributed by atoms with van der Waals surface area (Å²) in [5, 5.41) is 6.56. The molecule has 2 aromatic carbocycles. The number of nitrogens with one attached hydrogen (secondary N) is 2. The van der Waals surface area contributed by atoms with Crippen molar-refractivity contribution >= 4 is 29.0 Å². The van der Waals surface area contributed by atoms with Crippen LogP contribution in [0.3, 0.4) is 0 Å². The third-order valence-electron chi connectivity index (χ3n) is 3.51. The minimum atomic E-state index is -0.351. The lowest BCUT2D eigenvalue weighted by Crippen LogP contribution is -2.12. The second kappa shape index (κ2) is 7.77. The molecule has 0 bridgehead atoms. The van der Waals surface area contributed by atoms with Gasteiger partial charge in [0.05, 0.1) is 5.56 Å². The van der Waals surface area contributed by atoms with E-state index < -0.39 is 0 Å². The van der Waals surface area contributed by atoms with Gasteiger partial charge in [-0.3, -0.25) is 4.79 Å². The number of carbonyl (C=O) groups is 1. The molecule has 0 radical (unpaired) electrons. The molecule has 0 fully saturated rings. The minimum absolute atomic E-state index is 0.302. The number of pyridine rings is 1. The van der Waals surface area contributed by atoms with Crippen molar-refractivity contribution in [3.63, 3.8) is 0 Å². The van der Waals surface area contributed by atoms with Gasteiger partial charge in [0.2, 0.25) is 0 Å². The van der Waals surface area contributed by atoms with Crippen LogP contribution in [0.4, 0.5) is 15.9 Å². The molecule has 0 aliphatic heterocycles. The summed E-state index contributed by atoms with van der Waals surface area (Å²) >= 11 is 5.85. The molecule has 0 saturated heterocycles. The number of nitrogens with zero attached hydrogens (tertiary/aromatic N) is 1. The maximum absolute atomic E-state index is 12.9. The number of hydrogen-bond donors (Lipinski definition) is 2. The average Bonchev–Trinajstić information content (AvgIpc) is 2.63. The first-order chi connectivity index (χ1) is 12.1. The second-order valence-corrected chi connectivity index (χ2v) is 5.81. The lowest BCUT2D eigenvalue weighted by molar-refractivity contribution is 0.102. The quantitative estimate of drug-likeness (QED) is 0.695. The average molecular weight is 356 g/mol. The number of hydrogen-bond acceptors (Lipinski definition) is 3. The fourth-order valence-corrected chi connectivity index (χ4v) is 2.29. The highest BCUT2D eigenvalue weighted by molar-refractivity contribution is 6.30. The first-order valence-electron chi connectivity index (χ1n) is 7.61. The van der Waals surface area contributed by atoms with Gasteiger partial charge in [-0.2, -0.15) is 0 Å². The first kappa shape index (κ1) is 16.9. The molecule has 1 heterocycles. The Bertz CT molecular complexity index is 849. The van der Waals surface area contributed by atoms with Crippen LogP contribution in [-0.4, -0.2) is 10.9 Å². The maximum Gasteiger partial charge on any atom is 0.257 e. The Hall–Kier alpha value is -2.92. The predicted octanol–water partition coefficient (Wildman–Crippen LogP) is 4.74. The zero-order chi connectivity index (χ0) is 17.6. The molecule has 1 amide bonds. The molecule has 4 nitrogen and oxygen atoms in total. The molecule has 0 saturated carbocycles. The van der Waals surface area contributed by atoms with Crippen molar-refractivity contribution in [2.45, 2.75) is 6.54 Å². The van der Waals surface area contributed by atoms with Crippen LogP contribution in [0.15, 0.2) is 66.9 Å². The first-order valence-corrected chi connectivity index (χ1v) is 7.99. The minimum Gasteiger partial charge on any atom is -0.366 e. The van der Waals surface area contributed by atoms with Crippen LogP contribution in [0, 0.1) is 5.82 Å². The Labute approximate surface area is 149 Å². The van der Waals surface area contributed by atoms with E-state index in [0.29, 0.717) is 28.6 Å². The summed E-state index contributed by atoms with van der Waals surface area (Å²) in [5.74, 6) is 0.00687. The number of benzene rings is 2. The second-order valence-electron chi connectivity index (χ2n) is 5.37. The van der Waals surface area contributed by atoms with E-state index in [1.807, 2.05) is 24.3 Å². The molecule has 0 aliphatic carbocycles. The summed E-state index contributed by atoms with van der Waals surface area (Å²) in [6.07, 6.45) is 1.49. The van der Waals surface area contributed by atoms with Crippen LogP contribution in [0.1, 0.15) is 15.9 Å². The van der Waals surface area contributed by atoms with Crippen molar-refractivity contribution in [1.29, 1.82) is 0 Å². The molecule has 6 heteroatoms. The number of carbonyl (C=O) groups excluding carboxylic acids is 1. The fourth-order valence-electron chi connectivity index (χ4n) is 2.16. The predicted molar refractivity (Wildman–Crippen MR) is 97.4 cm³/mol. The van der Waals surface area contributed by atoms with E-state index in [-0.39, 0.29) is 11.7 Å². The fraction of sp³-hybridized carbons (Fsp3) is 0.0526. The maximum atomic E-state index is 12.9. The van der Waals surface area contributed by atoms with Gasteiger partial charge in [-0.15, -0.1) is 0 Å². The van der Waals surface area contributed by atoms with Gasteiger partial charge in [-0.1, -0.05) is 23.7 Å². The zero-order valence-corrected chi connectivity index (χ0v) is 13.9. The van der Waals surface area contributed by atoms with Gasteiger partial charge >= 0.3 is 0 Å². The Kier molecular flexibility index (Phi) is 5.26. The summed E-state index contributed by atoms with van der Waals surface area (Å²) in [5.41, 5.74) is 2.02.